The van der Waals surface area contributed by atoms with Gasteiger partial charge in [0.2, 0.25) is 0 Å². The fourth-order valence-electron chi connectivity index (χ4n) is 2.72. The van der Waals surface area contributed by atoms with Gasteiger partial charge in [0.05, 0.1) is 17.8 Å². The van der Waals surface area contributed by atoms with Gasteiger partial charge < -0.3 is 5.73 Å². The number of fused-ring (bicyclic) bond motifs is 1. The zero-order chi connectivity index (χ0) is 12.4. The Balaban J connectivity index is 1.96. The van der Waals surface area contributed by atoms with Gasteiger partial charge in [-0.1, -0.05) is 24.1 Å². The third kappa shape index (κ3) is 2.06. The van der Waals surface area contributed by atoms with Crippen LogP contribution >= 0.6 is 0 Å². The van der Waals surface area contributed by atoms with Gasteiger partial charge in [-0.15, -0.1) is 0 Å². The summed E-state index contributed by atoms with van der Waals surface area (Å²) in [5, 5.41) is 4.37. The van der Waals surface area contributed by atoms with Gasteiger partial charge in [0.25, 0.3) is 0 Å². The molecule has 0 spiro atoms. The van der Waals surface area contributed by atoms with Crippen LogP contribution < -0.4 is 5.73 Å². The first kappa shape index (κ1) is 11.5. The third-order valence-corrected chi connectivity index (χ3v) is 3.77. The van der Waals surface area contributed by atoms with Crippen molar-refractivity contribution >= 4 is 5.52 Å². The second kappa shape index (κ2) is 4.94. The molecule has 1 unspecified atom stereocenters. The zero-order valence-electron chi connectivity index (χ0n) is 10.5. The van der Waals surface area contributed by atoms with Gasteiger partial charge in [-0.05, 0) is 37.8 Å². The summed E-state index contributed by atoms with van der Waals surface area (Å²) in [5.74, 6) is 0. The van der Waals surface area contributed by atoms with Crippen molar-refractivity contribution in [1.29, 1.82) is 0 Å². The predicted octanol–water partition coefficient (Wildman–Crippen LogP) is 3.22. The highest BCUT2D eigenvalue weighted by Gasteiger charge is 2.17. The summed E-state index contributed by atoms with van der Waals surface area (Å²) in [5.41, 5.74) is 10.1. The van der Waals surface area contributed by atoms with Gasteiger partial charge in [0, 0.05) is 11.8 Å². The highest BCUT2D eigenvalue weighted by atomic mass is 15.2. The number of hydrogen-bond donors (Lipinski definition) is 1. The summed E-state index contributed by atoms with van der Waals surface area (Å²) >= 11 is 0. The monoisotopic (exact) mass is 241 g/mol. The molecule has 0 saturated heterocycles. The number of pyridine rings is 1. The van der Waals surface area contributed by atoms with E-state index in [0.29, 0.717) is 0 Å². The first-order valence-electron chi connectivity index (χ1n) is 6.73. The van der Waals surface area contributed by atoms with Gasteiger partial charge in [-0.25, -0.2) is 4.52 Å². The Hall–Kier alpha value is -1.61. The summed E-state index contributed by atoms with van der Waals surface area (Å²) in [6, 6.07) is 6.11. The van der Waals surface area contributed by atoms with Gasteiger partial charge >= 0.3 is 0 Å². The smallest absolute Gasteiger partial charge is 0.0712 e. The summed E-state index contributed by atoms with van der Waals surface area (Å²) in [6.07, 6.45) is 12.4. The highest BCUT2D eigenvalue weighted by molar-refractivity contribution is 5.56. The standard InChI is InChI=1S/C15H19N3/c16-15(12-7-3-1-2-4-8-12)13-11-17-18-10-6-5-9-14(13)18/h5-7,9-11,15H,1-4,8,16H2. The minimum absolute atomic E-state index is 0.00278. The van der Waals surface area contributed by atoms with Crippen molar-refractivity contribution in [2.45, 2.75) is 38.1 Å². The fourth-order valence-corrected chi connectivity index (χ4v) is 2.72. The van der Waals surface area contributed by atoms with E-state index in [-0.39, 0.29) is 6.04 Å². The van der Waals surface area contributed by atoms with E-state index in [4.69, 9.17) is 5.73 Å². The average molecular weight is 241 g/mol. The SMILES string of the molecule is NC(C1=CCCCCC1)c1cnn2ccccc12. The molecule has 3 heteroatoms. The normalized spacial score (nSPS) is 18.4. The Kier molecular flexibility index (Phi) is 3.15. The van der Waals surface area contributed by atoms with Crippen molar-refractivity contribution < 1.29 is 0 Å². The van der Waals surface area contributed by atoms with E-state index in [1.807, 2.05) is 29.0 Å². The molecule has 0 aliphatic heterocycles. The van der Waals surface area contributed by atoms with E-state index < -0.39 is 0 Å². The van der Waals surface area contributed by atoms with Crippen molar-refractivity contribution in [3.8, 4) is 0 Å². The number of nitrogens with zero attached hydrogens (tertiary/aromatic N) is 2. The molecule has 0 amide bonds. The summed E-state index contributed by atoms with van der Waals surface area (Å²) in [7, 11) is 0. The Bertz CT molecular complexity index is 568. The summed E-state index contributed by atoms with van der Waals surface area (Å²) in [4.78, 5) is 0. The molecule has 0 aromatic carbocycles. The number of rotatable bonds is 2. The molecule has 2 aromatic rings. The molecule has 2 N–H and O–H groups in total. The van der Waals surface area contributed by atoms with E-state index in [2.05, 4.69) is 17.2 Å². The molecule has 0 fully saturated rings. The van der Waals surface area contributed by atoms with Crippen LogP contribution in [-0.2, 0) is 0 Å². The molecule has 1 aliphatic rings. The van der Waals surface area contributed by atoms with Gasteiger partial charge in [0.15, 0.2) is 0 Å². The van der Waals surface area contributed by atoms with Crippen LogP contribution in [0.5, 0.6) is 0 Å². The number of aromatic nitrogens is 2. The molecule has 18 heavy (non-hydrogen) atoms. The average Bonchev–Trinajstić information content (AvgIpc) is 2.65. The lowest BCUT2D eigenvalue weighted by molar-refractivity contribution is 0.689. The second-order valence-corrected chi connectivity index (χ2v) is 4.99. The number of hydrogen-bond acceptors (Lipinski definition) is 2. The molecule has 0 saturated carbocycles. The lowest BCUT2D eigenvalue weighted by atomic mass is 9.97. The van der Waals surface area contributed by atoms with Crippen LogP contribution in [-0.4, -0.2) is 9.61 Å². The number of allylic oxidation sites excluding steroid dienone is 1. The third-order valence-electron chi connectivity index (χ3n) is 3.77. The second-order valence-electron chi connectivity index (χ2n) is 4.99. The molecule has 94 valence electrons. The van der Waals surface area contributed by atoms with E-state index in [1.165, 1.54) is 31.3 Å². The molecule has 2 heterocycles. The maximum absolute atomic E-state index is 6.43. The summed E-state index contributed by atoms with van der Waals surface area (Å²) in [6.45, 7) is 0. The topological polar surface area (TPSA) is 43.3 Å². The Morgan fingerprint density at radius 1 is 1.22 bits per heavy atom. The quantitative estimate of drug-likeness (QED) is 0.820. The minimum Gasteiger partial charge on any atom is -0.320 e. The van der Waals surface area contributed by atoms with Crippen molar-refractivity contribution in [3.05, 3.63) is 47.8 Å². The van der Waals surface area contributed by atoms with E-state index in [9.17, 15) is 0 Å². The molecular weight excluding hydrogens is 222 g/mol. The number of nitrogens with two attached hydrogens (primary N) is 1. The van der Waals surface area contributed by atoms with E-state index in [1.54, 1.807) is 0 Å². The Morgan fingerprint density at radius 3 is 3.11 bits per heavy atom. The lowest BCUT2D eigenvalue weighted by Gasteiger charge is -2.14. The van der Waals surface area contributed by atoms with Gasteiger partial charge in [-0.3, -0.25) is 0 Å². The van der Waals surface area contributed by atoms with Crippen molar-refractivity contribution in [2.75, 3.05) is 0 Å². The van der Waals surface area contributed by atoms with Gasteiger partial charge in [0.1, 0.15) is 0 Å². The molecular formula is C15H19N3. The Labute approximate surface area is 107 Å². The predicted molar refractivity (Wildman–Crippen MR) is 73.3 cm³/mol. The molecule has 1 atom stereocenters. The summed E-state index contributed by atoms with van der Waals surface area (Å²) < 4.78 is 1.90. The first-order chi connectivity index (χ1) is 8.86. The van der Waals surface area contributed by atoms with Crippen LogP contribution in [0, 0.1) is 0 Å². The van der Waals surface area contributed by atoms with Gasteiger partial charge in [-0.2, -0.15) is 5.10 Å². The molecule has 0 radical (unpaired) electrons. The Morgan fingerprint density at radius 2 is 2.17 bits per heavy atom. The van der Waals surface area contributed by atoms with Crippen LogP contribution in [0.1, 0.15) is 43.7 Å². The maximum atomic E-state index is 6.43. The molecule has 3 nitrogen and oxygen atoms in total. The zero-order valence-corrected chi connectivity index (χ0v) is 10.5. The van der Waals surface area contributed by atoms with Crippen molar-refractivity contribution in [1.82, 2.24) is 9.61 Å². The van der Waals surface area contributed by atoms with E-state index in [0.717, 1.165) is 17.5 Å². The van der Waals surface area contributed by atoms with E-state index >= 15 is 0 Å². The largest absolute Gasteiger partial charge is 0.320 e. The molecule has 1 aliphatic carbocycles. The van der Waals surface area contributed by atoms with Crippen LogP contribution in [0.25, 0.3) is 5.52 Å². The van der Waals surface area contributed by atoms with Crippen LogP contribution in [0.2, 0.25) is 0 Å². The highest BCUT2D eigenvalue weighted by Crippen LogP contribution is 2.29. The van der Waals surface area contributed by atoms with Crippen LogP contribution in [0.15, 0.2) is 42.2 Å². The molecule has 0 bridgehead atoms. The van der Waals surface area contributed by atoms with Crippen molar-refractivity contribution in [3.63, 3.8) is 0 Å². The molecule has 2 aromatic heterocycles. The minimum atomic E-state index is 0.00278. The van der Waals surface area contributed by atoms with Crippen LogP contribution in [0.4, 0.5) is 0 Å². The maximum Gasteiger partial charge on any atom is 0.0712 e. The first-order valence-corrected chi connectivity index (χ1v) is 6.73. The van der Waals surface area contributed by atoms with Crippen LogP contribution in [0.3, 0.4) is 0 Å². The lowest BCUT2D eigenvalue weighted by Crippen LogP contribution is -2.13. The fraction of sp³-hybridized carbons (Fsp3) is 0.400. The molecule has 3 rings (SSSR count). The van der Waals surface area contributed by atoms with Crippen molar-refractivity contribution in [2.24, 2.45) is 5.73 Å².